The second-order valence-electron chi connectivity index (χ2n) is 12.5. The molecule has 7 heteroatoms. The highest BCUT2D eigenvalue weighted by Crippen LogP contribution is 2.53. The van der Waals surface area contributed by atoms with Gasteiger partial charge in [-0.1, -0.05) is 40.2 Å². The van der Waals surface area contributed by atoms with Gasteiger partial charge in [0.2, 0.25) is 5.75 Å². The van der Waals surface area contributed by atoms with Gasteiger partial charge in [0.15, 0.2) is 17.6 Å². The molecule has 0 spiro atoms. The van der Waals surface area contributed by atoms with E-state index in [9.17, 15) is 15.3 Å². The fourth-order valence-electron chi connectivity index (χ4n) is 6.26. The van der Waals surface area contributed by atoms with E-state index in [-0.39, 0.29) is 23.2 Å². The summed E-state index contributed by atoms with van der Waals surface area (Å²) in [5.41, 5.74) is 5.99. The molecule has 0 saturated carbocycles. The topological polar surface area (TPSA) is 97.6 Å². The van der Waals surface area contributed by atoms with E-state index in [1.165, 1.54) is 7.11 Å². The van der Waals surface area contributed by atoms with Crippen molar-refractivity contribution in [2.24, 2.45) is 11.8 Å². The van der Waals surface area contributed by atoms with Gasteiger partial charge in [-0.15, -0.1) is 0 Å². The van der Waals surface area contributed by atoms with Crippen molar-refractivity contribution < 1.29 is 34.3 Å². The number of hydrogen-bond donors (Lipinski definition) is 3. The van der Waals surface area contributed by atoms with Gasteiger partial charge < -0.3 is 34.3 Å². The third-order valence-corrected chi connectivity index (χ3v) is 8.56. The number of benzene rings is 3. The Bertz CT molecular complexity index is 1430. The Labute approximate surface area is 249 Å². The highest BCUT2D eigenvalue weighted by molar-refractivity contribution is 5.82. The Kier molecular flexibility index (Phi) is 8.78. The van der Waals surface area contributed by atoms with Gasteiger partial charge in [-0.25, -0.2) is 0 Å². The molecule has 1 aliphatic heterocycles. The number of aliphatic hydroxyl groups is 1. The molecule has 0 fully saturated rings. The highest BCUT2D eigenvalue weighted by atomic mass is 16.5. The molecule has 2 aliphatic rings. The van der Waals surface area contributed by atoms with Crippen LogP contribution in [0.15, 0.2) is 36.4 Å². The number of aromatic hydroxyl groups is 2. The predicted molar refractivity (Wildman–Crippen MR) is 163 cm³/mol. The zero-order valence-corrected chi connectivity index (χ0v) is 25.6. The van der Waals surface area contributed by atoms with Gasteiger partial charge in [0.05, 0.1) is 26.9 Å². The van der Waals surface area contributed by atoms with Gasteiger partial charge in [-0.2, -0.15) is 0 Å². The van der Waals surface area contributed by atoms with Gasteiger partial charge in [0.25, 0.3) is 0 Å². The number of fused-ring (bicyclic) bond motifs is 5. The van der Waals surface area contributed by atoms with Gasteiger partial charge in [0, 0.05) is 29.2 Å². The van der Waals surface area contributed by atoms with E-state index in [1.54, 1.807) is 25.3 Å². The first-order valence-corrected chi connectivity index (χ1v) is 15.1. The lowest BCUT2D eigenvalue weighted by Crippen LogP contribution is -2.32. The first kappa shape index (κ1) is 29.9. The smallest absolute Gasteiger partial charge is 0.200 e. The second kappa shape index (κ2) is 12.3. The van der Waals surface area contributed by atoms with Gasteiger partial charge in [0.1, 0.15) is 17.2 Å². The first-order chi connectivity index (χ1) is 20.1. The van der Waals surface area contributed by atoms with Gasteiger partial charge >= 0.3 is 0 Å². The minimum absolute atomic E-state index is 0.0661. The second-order valence-corrected chi connectivity index (χ2v) is 12.5. The normalized spacial score (nSPS) is 19.1. The SMILES string of the molecule is COc1cc(C2Oc3cc(OC)c4c(c3CC2O)CC(CCC(C)C)c2cc(O)ccc2-4)cc(OCCC(C)C)c1O. The van der Waals surface area contributed by atoms with Crippen LogP contribution < -0.4 is 18.9 Å². The van der Waals surface area contributed by atoms with Crippen LogP contribution in [0.3, 0.4) is 0 Å². The molecule has 0 bridgehead atoms. The number of phenolic OH excluding ortho intramolecular Hbond substituents is 2. The van der Waals surface area contributed by atoms with Crippen molar-refractivity contribution in [2.75, 3.05) is 20.8 Å². The Balaban J connectivity index is 1.55. The number of phenols is 2. The molecule has 5 rings (SSSR count). The van der Waals surface area contributed by atoms with E-state index in [0.29, 0.717) is 47.7 Å². The fourth-order valence-corrected chi connectivity index (χ4v) is 6.26. The Morgan fingerprint density at radius 1 is 0.857 bits per heavy atom. The van der Waals surface area contributed by atoms with Crippen LogP contribution in [0.4, 0.5) is 0 Å². The van der Waals surface area contributed by atoms with Crippen molar-refractivity contribution in [1.82, 2.24) is 0 Å². The molecule has 226 valence electrons. The molecule has 0 aromatic heterocycles. The summed E-state index contributed by atoms with van der Waals surface area (Å²) in [5, 5.41) is 32.6. The number of aliphatic hydroxyl groups excluding tert-OH is 1. The molecule has 3 aromatic rings. The molecule has 0 radical (unpaired) electrons. The number of methoxy groups -OCH3 is 2. The third kappa shape index (κ3) is 5.84. The Morgan fingerprint density at radius 3 is 2.26 bits per heavy atom. The lowest BCUT2D eigenvalue weighted by molar-refractivity contribution is 0.0200. The van der Waals surface area contributed by atoms with Crippen LogP contribution in [0.2, 0.25) is 0 Å². The van der Waals surface area contributed by atoms with Crippen LogP contribution in [0.25, 0.3) is 11.1 Å². The maximum Gasteiger partial charge on any atom is 0.200 e. The Hall–Kier alpha value is -3.58. The van der Waals surface area contributed by atoms with Crippen molar-refractivity contribution in [2.45, 2.75) is 77.9 Å². The molecular formula is C35H44O7. The summed E-state index contributed by atoms with van der Waals surface area (Å²) in [5.74, 6) is 3.42. The Morgan fingerprint density at radius 2 is 1.57 bits per heavy atom. The molecule has 3 unspecified atom stereocenters. The molecule has 3 aromatic carbocycles. The maximum absolute atomic E-state index is 11.5. The minimum atomic E-state index is -0.830. The maximum atomic E-state index is 11.5. The largest absolute Gasteiger partial charge is 0.508 e. The van der Waals surface area contributed by atoms with E-state index < -0.39 is 12.2 Å². The van der Waals surface area contributed by atoms with Crippen LogP contribution in [0.5, 0.6) is 34.5 Å². The highest BCUT2D eigenvalue weighted by Gasteiger charge is 2.37. The van der Waals surface area contributed by atoms with Gasteiger partial charge in [-0.05, 0) is 78.0 Å². The van der Waals surface area contributed by atoms with Crippen molar-refractivity contribution in [3.05, 3.63) is 58.7 Å². The summed E-state index contributed by atoms with van der Waals surface area (Å²) in [4.78, 5) is 0. The molecule has 3 N–H and O–H groups in total. The lowest BCUT2D eigenvalue weighted by Gasteiger charge is -2.37. The van der Waals surface area contributed by atoms with Crippen LogP contribution in [0.1, 0.15) is 81.2 Å². The summed E-state index contributed by atoms with van der Waals surface area (Å²) >= 11 is 0. The lowest BCUT2D eigenvalue weighted by atomic mass is 9.73. The quantitative estimate of drug-likeness (QED) is 0.233. The predicted octanol–water partition coefficient (Wildman–Crippen LogP) is 7.32. The average Bonchev–Trinajstić information content (AvgIpc) is 2.95. The third-order valence-electron chi connectivity index (χ3n) is 8.56. The first-order valence-electron chi connectivity index (χ1n) is 15.1. The molecule has 0 saturated heterocycles. The standard InChI is InChI=1S/C35H44O7/c1-19(2)7-8-21-13-27-26-17-28(37)35(22-14-31(40-6)34(38)32(15-22)41-12-11-20(3)4)42-29(26)18-30(39-5)33(27)24-10-9-23(36)16-25(21)24/h9-10,14-16,18-21,28,35-38H,7-8,11-13,17H2,1-6H3. The molecule has 1 heterocycles. The summed E-state index contributed by atoms with van der Waals surface area (Å²) in [6.07, 6.45) is 2.58. The van der Waals surface area contributed by atoms with E-state index in [4.69, 9.17) is 18.9 Å². The number of hydrogen-bond acceptors (Lipinski definition) is 7. The van der Waals surface area contributed by atoms with Crippen LogP contribution in [-0.2, 0) is 12.8 Å². The van der Waals surface area contributed by atoms with E-state index in [0.717, 1.165) is 53.5 Å². The summed E-state index contributed by atoms with van der Waals surface area (Å²) < 4.78 is 23.9. The molecule has 0 amide bonds. The van der Waals surface area contributed by atoms with Crippen LogP contribution >= 0.6 is 0 Å². The number of ether oxygens (including phenoxy) is 4. The van der Waals surface area contributed by atoms with Crippen molar-refractivity contribution in [3.8, 4) is 45.6 Å². The van der Waals surface area contributed by atoms with Gasteiger partial charge in [-0.3, -0.25) is 0 Å². The summed E-state index contributed by atoms with van der Waals surface area (Å²) in [6, 6.07) is 10.9. The molecule has 3 atom stereocenters. The fraction of sp³-hybridized carbons (Fsp3) is 0.486. The zero-order chi connectivity index (χ0) is 30.1. The molecule has 7 nitrogen and oxygen atoms in total. The molecule has 1 aliphatic carbocycles. The monoisotopic (exact) mass is 576 g/mol. The van der Waals surface area contributed by atoms with Crippen LogP contribution in [-0.4, -0.2) is 42.3 Å². The van der Waals surface area contributed by atoms with Crippen molar-refractivity contribution in [1.29, 1.82) is 0 Å². The minimum Gasteiger partial charge on any atom is -0.508 e. The molecule has 42 heavy (non-hydrogen) atoms. The van der Waals surface area contributed by atoms with Crippen molar-refractivity contribution in [3.63, 3.8) is 0 Å². The molecular weight excluding hydrogens is 532 g/mol. The zero-order valence-electron chi connectivity index (χ0n) is 25.6. The van der Waals surface area contributed by atoms with Crippen molar-refractivity contribution >= 4 is 0 Å². The summed E-state index contributed by atoms with van der Waals surface area (Å²) in [6.45, 7) is 9.15. The average molecular weight is 577 g/mol. The summed E-state index contributed by atoms with van der Waals surface area (Å²) in [7, 11) is 3.16. The van der Waals surface area contributed by atoms with E-state index in [2.05, 4.69) is 27.7 Å². The van der Waals surface area contributed by atoms with E-state index in [1.807, 2.05) is 18.2 Å². The van der Waals surface area contributed by atoms with Crippen LogP contribution in [0, 0.1) is 11.8 Å². The van der Waals surface area contributed by atoms with E-state index >= 15 is 0 Å². The number of rotatable bonds is 10.